The summed E-state index contributed by atoms with van der Waals surface area (Å²) in [5, 5.41) is 0. The predicted octanol–water partition coefficient (Wildman–Crippen LogP) is 3.14. The molecule has 1 N–H and O–H groups in total. The molecule has 26 heavy (non-hydrogen) atoms. The van der Waals surface area contributed by atoms with Gasteiger partial charge in [-0.25, -0.2) is 13.8 Å². The highest BCUT2D eigenvalue weighted by molar-refractivity contribution is 5.75. The first kappa shape index (κ1) is 17.1. The average Bonchev–Trinajstić information content (AvgIpc) is 3.17. The molecule has 0 aliphatic carbocycles. The first-order chi connectivity index (χ1) is 12.6. The number of halogens is 2. The van der Waals surface area contributed by atoms with Gasteiger partial charge in [0.25, 0.3) is 0 Å². The molecule has 3 heterocycles. The number of H-pyrrole nitrogens is 1. The van der Waals surface area contributed by atoms with E-state index in [1.165, 1.54) is 6.20 Å². The van der Waals surface area contributed by atoms with E-state index < -0.39 is 12.3 Å². The molecule has 2 atom stereocenters. The molecule has 1 aliphatic rings. The van der Waals surface area contributed by atoms with Crippen LogP contribution in [0.2, 0.25) is 0 Å². The molecule has 0 radical (unpaired) electrons. The maximum Gasteiger partial charge on any atom is 0.145 e. The lowest BCUT2D eigenvalue weighted by atomic mass is 10.2. The molecule has 2 aromatic heterocycles. The standard InChI is InChI=1S/C19H20F2N4O/c1-12-2-3-16-17(6-12)24-19(23-16)11-26-18-10-25(9-15(18)21)8-13-4-5-22-7-14(13)20/h2-7,15,18H,8-11H2,1H3,(H,23,24)/t15-,18+/m1/s1. The van der Waals surface area contributed by atoms with E-state index in [0.717, 1.165) is 16.6 Å². The van der Waals surface area contributed by atoms with E-state index >= 15 is 0 Å². The van der Waals surface area contributed by atoms with Gasteiger partial charge in [0, 0.05) is 31.4 Å². The number of nitrogens with one attached hydrogen (secondary N) is 1. The highest BCUT2D eigenvalue weighted by Gasteiger charge is 2.34. The largest absolute Gasteiger partial charge is 0.366 e. The van der Waals surface area contributed by atoms with E-state index in [1.807, 2.05) is 30.0 Å². The van der Waals surface area contributed by atoms with Crippen LogP contribution in [-0.4, -0.2) is 45.2 Å². The lowest BCUT2D eigenvalue weighted by Gasteiger charge is -2.15. The van der Waals surface area contributed by atoms with Gasteiger partial charge in [0.15, 0.2) is 0 Å². The Hall–Kier alpha value is -2.38. The summed E-state index contributed by atoms with van der Waals surface area (Å²) < 4.78 is 33.8. The number of likely N-dealkylation sites (tertiary alicyclic amines) is 1. The SMILES string of the molecule is Cc1ccc2nc(CO[C@H]3CN(Cc4ccncc4F)C[C@H]3F)[nH]c2c1. The van der Waals surface area contributed by atoms with Crippen molar-refractivity contribution in [2.24, 2.45) is 0 Å². The third-order valence-electron chi connectivity index (χ3n) is 4.65. The number of imidazole rings is 1. The van der Waals surface area contributed by atoms with Gasteiger partial charge in [0.05, 0.1) is 17.2 Å². The summed E-state index contributed by atoms with van der Waals surface area (Å²) in [5.74, 6) is 0.307. The minimum Gasteiger partial charge on any atom is -0.366 e. The number of hydrogen-bond acceptors (Lipinski definition) is 4. The average molecular weight is 358 g/mol. The van der Waals surface area contributed by atoms with E-state index in [0.29, 0.717) is 24.5 Å². The van der Waals surface area contributed by atoms with Gasteiger partial charge in [-0.1, -0.05) is 6.07 Å². The fraction of sp³-hybridized carbons (Fsp3) is 0.368. The maximum atomic E-state index is 14.3. The zero-order valence-corrected chi connectivity index (χ0v) is 14.5. The fourth-order valence-corrected chi connectivity index (χ4v) is 3.30. The number of aryl methyl sites for hydroxylation is 1. The van der Waals surface area contributed by atoms with Crippen LogP contribution in [0.15, 0.2) is 36.7 Å². The van der Waals surface area contributed by atoms with Crippen molar-refractivity contribution in [1.29, 1.82) is 0 Å². The molecule has 1 saturated heterocycles. The molecule has 1 aromatic carbocycles. The molecule has 0 amide bonds. The number of benzene rings is 1. The van der Waals surface area contributed by atoms with Crippen molar-refractivity contribution in [3.8, 4) is 0 Å². The van der Waals surface area contributed by atoms with Crippen LogP contribution in [0, 0.1) is 12.7 Å². The van der Waals surface area contributed by atoms with E-state index in [2.05, 4.69) is 15.0 Å². The smallest absolute Gasteiger partial charge is 0.145 e. The molecule has 0 spiro atoms. The molecule has 136 valence electrons. The number of rotatable bonds is 5. The fourth-order valence-electron chi connectivity index (χ4n) is 3.30. The van der Waals surface area contributed by atoms with Crippen molar-refractivity contribution < 1.29 is 13.5 Å². The van der Waals surface area contributed by atoms with Gasteiger partial charge in [-0.3, -0.25) is 9.88 Å². The van der Waals surface area contributed by atoms with Crippen LogP contribution in [0.1, 0.15) is 17.0 Å². The predicted molar refractivity (Wildman–Crippen MR) is 93.8 cm³/mol. The van der Waals surface area contributed by atoms with E-state index in [1.54, 1.807) is 12.3 Å². The molecule has 4 rings (SSSR count). The van der Waals surface area contributed by atoms with Crippen molar-refractivity contribution in [2.75, 3.05) is 13.1 Å². The lowest BCUT2D eigenvalue weighted by molar-refractivity contribution is 0.00862. The van der Waals surface area contributed by atoms with Crippen molar-refractivity contribution in [3.63, 3.8) is 0 Å². The zero-order chi connectivity index (χ0) is 18.1. The Morgan fingerprint density at radius 1 is 1.31 bits per heavy atom. The van der Waals surface area contributed by atoms with E-state index in [9.17, 15) is 8.78 Å². The van der Waals surface area contributed by atoms with Crippen LogP contribution in [-0.2, 0) is 17.9 Å². The summed E-state index contributed by atoms with van der Waals surface area (Å²) >= 11 is 0. The maximum absolute atomic E-state index is 14.3. The molecule has 5 nitrogen and oxygen atoms in total. The Labute approximate surface area is 150 Å². The van der Waals surface area contributed by atoms with E-state index in [4.69, 9.17) is 4.74 Å². The first-order valence-corrected chi connectivity index (χ1v) is 8.60. The Kier molecular flexibility index (Phi) is 4.65. The topological polar surface area (TPSA) is 54.0 Å². The molecular formula is C19H20F2N4O. The van der Waals surface area contributed by atoms with Crippen LogP contribution < -0.4 is 0 Å². The van der Waals surface area contributed by atoms with Crippen molar-refractivity contribution in [3.05, 3.63) is 59.4 Å². The molecule has 1 fully saturated rings. The summed E-state index contributed by atoms with van der Waals surface area (Å²) in [5.41, 5.74) is 3.47. The van der Waals surface area contributed by atoms with Crippen molar-refractivity contribution in [2.45, 2.75) is 32.4 Å². The minimum absolute atomic E-state index is 0.219. The third kappa shape index (κ3) is 3.59. The molecule has 1 aliphatic heterocycles. The molecule has 0 unspecified atom stereocenters. The second-order valence-corrected chi connectivity index (χ2v) is 6.73. The molecular weight excluding hydrogens is 338 g/mol. The lowest BCUT2D eigenvalue weighted by Crippen LogP contribution is -2.24. The highest BCUT2D eigenvalue weighted by Crippen LogP contribution is 2.21. The van der Waals surface area contributed by atoms with Gasteiger partial charge in [0.1, 0.15) is 30.5 Å². The summed E-state index contributed by atoms with van der Waals surface area (Å²) in [6, 6.07) is 7.58. The molecule has 3 aromatic rings. The second kappa shape index (κ2) is 7.09. The number of hydrogen-bond donors (Lipinski definition) is 1. The summed E-state index contributed by atoms with van der Waals surface area (Å²) in [7, 11) is 0. The number of fused-ring (bicyclic) bond motifs is 1. The number of aromatic amines is 1. The van der Waals surface area contributed by atoms with Gasteiger partial charge in [0.2, 0.25) is 0 Å². The number of nitrogens with zero attached hydrogens (tertiary/aromatic N) is 3. The summed E-state index contributed by atoms with van der Waals surface area (Å²) in [6.07, 6.45) is 1.07. The van der Waals surface area contributed by atoms with E-state index in [-0.39, 0.29) is 19.0 Å². The normalized spacial score (nSPS) is 20.9. The quantitative estimate of drug-likeness (QED) is 0.761. The molecule has 0 bridgehead atoms. The number of alkyl halides is 1. The summed E-state index contributed by atoms with van der Waals surface area (Å²) in [4.78, 5) is 13.3. The Bertz CT molecular complexity index is 913. The third-order valence-corrected chi connectivity index (χ3v) is 4.65. The van der Waals surface area contributed by atoms with Crippen LogP contribution in [0.3, 0.4) is 0 Å². The Morgan fingerprint density at radius 2 is 2.19 bits per heavy atom. The van der Waals surface area contributed by atoms with Gasteiger partial charge in [-0.15, -0.1) is 0 Å². The molecule has 7 heteroatoms. The highest BCUT2D eigenvalue weighted by atomic mass is 19.1. The Balaban J connectivity index is 1.36. The Morgan fingerprint density at radius 3 is 3.04 bits per heavy atom. The zero-order valence-electron chi connectivity index (χ0n) is 14.5. The van der Waals surface area contributed by atoms with Gasteiger partial charge >= 0.3 is 0 Å². The number of aromatic nitrogens is 3. The van der Waals surface area contributed by atoms with Crippen molar-refractivity contribution in [1.82, 2.24) is 19.9 Å². The monoisotopic (exact) mass is 358 g/mol. The number of pyridine rings is 1. The first-order valence-electron chi connectivity index (χ1n) is 8.60. The second-order valence-electron chi connectivity index (χ2n) is 6.73. The van der Waals surface area contributed by atoms with Crippen molar-refractivity contribution >= 4 is 11.0 Å². The van der Waals surface area contributed by atoms with Crippen LogP contribution in [0.25, 0.3) is 11.0 Å². The number of ether oxygens (including phenoxy) is 1. The minimum atomic E-state index is -1.11. The van der Waals surface area contributed by atoms with Crippen LogP contribution >= 0.6 is 0 Å². The molecule has 0 saturated carbocycles. The van der Waals surface area contributed by atoms with Gasteiger partial charge in [-0.2, -0.15) is 0 Å². The van der Waals surface area contributed by atoms with Crippen LogP contribution in [0.4, 0.5) is 8.78 Å². The summed E-state index contributed by atoms with van der Waals surface area (Å²) in [6.45, 7) is 3.23. The van der Waals surface area contributed by atoms with Gasteiger partial charge < -0.3 is 9.72 Å². The van der Waals surface area contributed by atoms with Gasteiger partial charge in [-0.05, 0) is 30.7 Å². The van der Waals surface area contributed by atoms with Crippen LogP contribution in [0.5, 0.6) is 0 Å².